The molecule has 5 heteroatoms. The Morgan fingerprint density at radius 3 is 1.85 bits per heavy atom. The number of carboxylic acids is 2. The molecule has 0 aliphatic carbocycles. The molecule has 0 amide bonds. The molecule has 0 aromatic rings. The Bertz CT molecular complexity index is 284. The number of rotatable bonds is 10. The zero-order valence-corrected chi connectivity index (χ0v) is 12.6. The van der Waals surface area contributed by atoms with Crippen LogP contribution in [-0.4, -0.2) is 33.9 Å². The Hall–Kier alpha value is -1.36. The summed E-state index contributed by atoms with van der Waals surface area (Å²) in [4.78, 5) is 19.7. The zero-order valence-electron chi connectivity index (χ0n) is 12.6. The summed E-state index contributed by atoms with van der Waals surface area (Å²) in [5, 5.41) is 24.6. The van der Waals surface area contributed by atoms with Crippen LogP contribution in [0.5, 0.6) is 0 Å². The van der Waals surface area contributed by atoms with Crippen molar-refractivity contribution in [1.82, 2.24) is 0 Å². The number of aliphatic carboxylic acids is 2. The predicted molar refractivity (Wildman–Crippen MR) is 78.7 cm³/mol. The van der Waals surface area contributed by atoms with E-state index in [1.165, 1.54) is 32.1 Å². The van der Waals surface area contributed by atoms with Crippen molar-refractivity contribution in [2.24, 2.45) is 5.92 Å². The Morgan fingerprint density at radius 1 is 1.00 bits per heavy atom. The fourth-order valence-corrected chi connectivity index (χ4v) is 1.45. The minimum atomic E-state index is -1.27. The van der Waals surface area contributed by atoms with Gasteiger partial charge in [-0.1, -0.05) is 52.5 Å². The van der Waals surface area contributed by atoms with E-state index in [9.17, 15) is 9.59 Å². The molecule has 0 saturated carbocycles. The first-order valence-electron chi connectivity index (χ1n) is 7.05. The van der Waals surface area contributed by atoms with Crippen LogP contribution >= 0.6 is 0 Å². The van der Waals surface area contributed by atoms with Crippen LogP contribution < -0.4 is 0 Å². The van der Waals surface area contributed by atoms with Crippen LogP contribution in [-0.2, 0) is 9.59 Å². The second kappa shape index (κ2) is 14.1. The molecule has 0 bridgehead atoms. The molecular formula is C15H28O5. The summed E-state index contributed by atoms with van der Waals surface area (Å²) in [6.45, 7) is 7.92. The van der Waals surface area contributed by atoms with E-state index in [0.29, 0.717) is 6.61 Å². The maximum absolute atomic E-state index is 9.87. The molecule has 0 heterocycles. The average Bonchev–Trinajstić information content (AvgIpc) is 2.33. The van der Waals surface area contributed by atoms with Crippen LogP contribution in [0.25, 0.3) is 0 Å². The number of aliphatic hydroxyl groups excluding tert-OH is 1. The summed E-state index contributed by atoms with van der Waals surface area (Å²) >= 11 is 0. The van der Waals surface area contributed by atoms with Gasteiger partial charge in [-0.15, -0.1) is 0 Å². The number of hydrogen-bond donors (Lipinski definition) is 3. The monoisotopic (exact) mass is 288 g/mol. The van der Waals surface area contributed by atoms with E-state index in [4.69, 9.17) is 15.3 Å². The number of carbonyl (C=O) groups is 2. The SMILES string of the molecule is C=C(CC(=O)O)C(=O)O.CC(C)CCCCCCCO. The van der Waals surface area contributed by atoms with E-state index >= 15 is 0 Å². The van der Waals surface area contributed by atoms with Crippen molar-refractivity contribution in [2.45, 2.75) is 58.8 Å². The van der Waals surface area contributed by atoms with Crippen molar-refractivity contribution >= 4 is 11.9 Å². The summed E-state index contributed by atoms with van der Waals surface area (Å²) in [6.07, 6.45) is 7.05. The van der Waals surface area contributed by atoms with E-state index in [0.717, 1.165) is 12.3 Å². The zero-order chi connectivity index (χ0) is 16.0. The molecule has 0 atom stereocenters. The highest BCUT2D eigenvalue weighted by Crippen LogP contribution is 2.09. The van der Waals surface area contributed by atoms with Gasteiger partial charge in [0.25, 0.3) is 0 Å². The van der Waals surface area contributed by atoms with Crippen LogP contribution in [0.2, 0.25) is 0 Å². The Kier molecular flexibility index (Phi) is 14.7. The van der Waals surface area contributed by atoms with Gasteiger partial charge >= 0.3 is 11.9 Å². The second-order valence-electron chi connectivity index (χ2n) is 5.15. The Labute approximate surface area is 121 Å². The minimum absolute atomic E-state index is 0.303. The smallest absolute Gasteiger partial charge is 0.331 e. The maximum atomic E-state index is 9.87. The third-order valence-corrected chi connectivity index (χ3v) is 2.61. The molecule has 0 aliphatic heterocycles. The van der Waals surface area contributed by atoms with Gasteiger partial charge in [0.1, 0.15) is 0 Å². The minimum Gasteiger partial charge on any atom is -0.481 e. The first kappa shape index (κ1) is 20.9. The van der Waals surface area contributed by atoms with Crippen molar-refractivity contribution < 1.29 is 24.9 Å². The van der Waals surface area contributed by atoms with E-state index in [1.807, 2.05) is 0 Å². The number of carboxylic acid groups (broad SMARTS) is 2. The van der Waals surface area contributed by atoms with Gasteiger partial charge in [0.05, 0.1) is 6.42 Å². The van der Waals surface area contributed by atoms with Crippen LogP contribution in [0, 0.1) is 5.92 Å². The molecule has 0 aliphatic rings. The molecule has 0 unspecified atom stereocenters. The van der Waals surface area contributed by atoms with Crippen LogP contribution in [0.1, 0.15) is 58.8 Å². The standard InChI is InChI=1S/C10H22O.C5H6O4/c1-10(2)8-6-4-3-5-7-9-11;1-3(5(8)9)2-4(6)7/h10-11H,3-9H2,1-2H3;1-2H2,(H,6,7)(H,8,9). The van der Waals surface area contributed by atoms with Gasteiger partial charge in [0.15, 0.2) is 0 Å². The van der Waals surface area contributed by atoms with Crippen LogP contribution in [0.15, 0.2) is 12.2 Å². The molecule has 0 aromatic heterocycles. The fourth-order valence-electron chi connectivity index (χ4n) is 1.45. The Morgan fingerprint density at radius 2 is 1.50 bits per heavy atom. The summed E-state index contributed by atoms with van der Waals surface area (Å²) < 4.78 is 0. The lowest BCUT2D eigenvalue weighted by Gasteiger charge is -2.03. The van der Waals surface area contributed by atoms with Gasteiger partial charge in [-0.25, -0.2) is 4.79 Å². The lowest BCUT2D eigenvalue weighted by atomic mass is 10.0. The van der Waals surface area contributed by atoms with Gasteiger partial charge < -0.3 is 15.3 Å². The summed E-state index contributed by atoms with van der Waals surface area (Å²) in [5.74, 6) is -1.59. The summed E-state index contributed by atoms with van der Waals surface area (Å²) in [6, 6.07) is 0. The van der Waals surface area contributed by atoms with Crippen molar-refractivity contribution in [3.05, 3.63) is 12.2 Å². The highest BCUT2D eigenvalue weighted by Gasteiger charge is 2.07. The van der Waals surface area contributed by atoms with Gasteiger partial charge in [-0.2, -0.15) is 0 Å². The first-order valence-corrected chi connectivity index (χ1v) is 7.05. The largest absolute Gasteiger partial charge is 0.481 e. The molecule has 0 radical (unpaired) electrons. The van der Waals surface area contributed by atoms with Gasteiger partial charge in [0, 0.05) is 12.2 Å². The molecule has 0 spiro atoms. The predicted octanol–water partition coefficient (Wildman–Crippen LogP) is 3.08. The maximum Gasteiger partial charge on any atom is 0.331 e. The van der Waals surface area contributed by atoms with Gasteiger partial charge in [-0.3, -0.25) is 4.79 Å². The van der Waals surface area contributed by atoms with Gasteiger partial charge in [-0.05, 0) is 12.3 Å². The van der Waals surface area contributed by atoms with E-state index in [2.05, 4.69) is 20.4 Å². The molecule has 3 N–H and O–H groups in total. The lowest BCUT2D eigenvalue weighted by molar-refractivity contribution is -0.139. The van der Waals surface area contributed by atoms with Gasteiger partial charge in [0.2, 0.25) is 0 Å². The highest BCUT2D eigenvalue weighted by atomic mass is 16.4. The Balaban J connectivity index is 0. The number of unbranched alkanes of at least 4 members (excludes halogenated alkanes) is 4. The van der Waals surface area contributed by atoms with E-state index < -0.39 is 18.4 Å². The molecule has 5 nitrogen and oxygen atoms in total. The fraction of sp³-hybridized carbons (Fsp3) is 0.733. The van der Waals surface area contributed by atoms with Crippen molar-refractivity contribution in [3.63, 3.8) is 0 Å². The van der Waals surface area contributed by atoms with E-state index in [-0.39, 0.29) is 5.57 Å². The molecule has 0 rings (SSSR count). The van der Waals surface area contributed by atoms with Crippen molar-refractivity contribution in [2.75, 3.05) is 6.61 Å². The topological polar surface area (TPSA) is 94.8 Å². The third kappa shape index (κ3) is 19.0. The summed E-state index contributed by atoms with van der Waals surface area (Å²) in [7, 11) is 0. The number of aliphatic hydroxyl groups is 1. The molecule has 0 saturated heterocycles. The molecular weight excluding hydrogens is 260 g/mol. The third-order valence-electron chi connectivity index (χ3n) is 2.61. The lowest BCUT2D eigenvalue weighted by Crippen LogP contribution is -2.04. The van der Waals surface area contributed by atoms with Crippen LogP contribution in [0.3, 0.4) is 0 Å². The first-order chi connectivity index (χ1) is 9.31. The number of hydrogen-bond acceptors (Lipinski definition) is 3. The van der Waals surface area contributed by atoms with Crippen molar-refractivity contribution in [3.8, 4) is 0 Å². The average molecular weight is 288 g/mol. The normalized spacial score (nSPS) is 9.80. The van der Waals surface area contributed by atoms with Crippen LogP contribution in [0.4, 0.5) is 0 Å². The molecule has 118 valence electrons. The summed E-state index contributed by atoms with van der Waals surface area (Å²) in [5.41, 5.74) is -0.303. The molecule has 0 aromatic carbocycles. The highest BCUT2D eigenvalue weighted by molar-refractivity contribution is 5.91. The second-order valence-corrected chi connectivity index (χ2v) is 5.15. The molecule has 0 fully saturated rings. The van der Waals surface area contributed by atoms with Crippen molar-refractivity contribution in [1.29, 1.82) is 0 Å². The van der Waals surface area contributed by atoms with E-state index in [1.54, 1.807) is 0 Å². The quantitative estimate of drug-likeness (QED) is 0.424. The molecule has 20 heavy (non-hydrogen) atoms.